The van der Waals surface area contributed by atoms with Crippen LogP contribution in [-0.2, 0) is 14.3 Å². The maximum atomic E-state index is 12.3. The lowest BCUT2D eigenvalue weighted by Crippen LogP contribution is -2.37. The average Bonchev–Trinajstić information content (AvgIpc) is 3.08. The quantitative estimate of drug-likeness (QED) is 0.804. The number of rotatable bonds is 5. The second kappa shape index (κ2) is 6.85. The smallest absolute Gasteiger partial charge is 0.307 e. The van der Waals surface area contributed by atoms with Crippen molar-refractivity contribution in [2.45, 2.75) is 19.4 Å². The summed E-state index contributed by atoms with van der Waals surface area (Å²) in [6, 6.07) is 3.54. The normalized spacial score (nSPS) is 23.3. The van der Waals surface area contributed by atoms with Gasteiger partial charge in [0.1, 0.15) is 0 Å². The number of methoxy groups -OCH3 is 1. The van der Waals surface area contributed by atoms with E-state index in [0.717, 1.165) is 11.4 Å². The molecule has 5 nitrogen and oxygen atoms in total. The summed E-state index contributed by atoms with van der Waals surface area (Å²) >= 11 is 1.53. The van der Waals surface area contributed by atoms with E-state index in [-0.39, 0.29) is 30.3 Å². The molecular weight excluding hydrogens is 276 g/mol. The zero-order chi connectivity index (χ0) is 14.5. The van der Waals surface area contributed by atoms with Crippen molar-refractivity contribution in [3.63, 3.8) is 0 Å². The molecule has 1 fully saturated rings. The first kappa shape index (κ1) is 15.0. The zero-order valence-corrected chi connectivity index (χ0v) is 12.5. The molecule has 6 heteroatoms. The van der Waals surface area contributed by atoms with Crippen LogP contribution in [0.5, 0.6) is 0 Å². The Morgan fingerprint density at radius 3 is 2.90 bits per heavy atom. The Morgan fingerprint density at radius 1 is 1.55 bits per heavy atom. The molecule has 0 saturated carbocycles. The zero-order valence-electron chi connectivity index (χ0n) is 11.7. The predicted octanol–water partition coefficient (Wildman–Crippen LogP) is 1.32. The van der Waals surface area contributed by atoms with Gasteiger partial charge in [0.05, 0.1) is 25.5 Å². The van der Waals surface area contributed by atoms with Crippen molar-refractivity contribution >= 4 is 23.2 Å². The number of hydrogen-bond acceptors (Lipinski definition) is 5. The van der Waals surface area contributed by atoms with Gasteiger partial charge in [-0.3, -0.25) is 9.59 Å². The highest BCUT2D eigenvalue weighted by molar-refractivity contribution is 7.10. The summed E-state index contributed by atoms with van der Waals surface area (Å²) in [5.41, 5.74) is 0. The third-order valence-corrected chi connectivity index (χ3v) is 4.64. The van der Waals surface area contributed by atoms with E-state index >= 15 is 0 Å². The fourth-order valence-electron chi connectivity index (χ4n) is 2.40. The van der Waals surface area contributed by atoms with Crippen LogP contribution in [0, 0.1) is 11.8 Å². The van der Waals surface area contributed by atoms with Gasteiger partial charge in [0.2, 0.25) is 5.91 Å². The van der Waals surface area contributed by atoms with Crippen LogP contribution in [0.2, 0.25) is 0 Å². The van der Waals surface area contributed by atoms with Crippen molar-refractivity contribution in [3.05, 3.63) is 22.4 Å². The van der Waals surface area contributed by atoms with Crippen LogP contribution in [0.1, 0.15) is 24.3 Å². The van der Waals surface area contributed by atoms with E-state index in [4.69, 9.17) is 4.74 Å². The molecule has 0 aromatic carbocycles. The number of hydrogen-bond donors (Lipinski definition) is 2. The van der Waals surface area contributed by atoms with Crippen LogP contribution in [0.25, 0.3) is 0 Å². The minimum Gasteiger partial charge on any atom is -0.469 e. The first-order chi connectivity index (χ1) is 9.61. The van der Waals surface area contributed by atoms with Crippen molar-refractivity contribution < 1.29 is 14.3 Å². The van der Waals surface area contributed by atoms with Gasteiger partial charge in [0, 0.05) is 11.4 Å². The van der Waals surface area contributed by atoms with Gasteiger partial charge in [-0.1, -0.05) is 13.0 Å². The van der Waals surface area contributed by atoms with E-state index in [1.165, 1.54) is 18.4 Å². The van der Waals surface area contributed by atoms with E-state index < -0.39 is 0 Å². The Bertz CT molecular complexity index is 461. The minimum absolute atomic E-state index is 0.00445. The SMILES string of the molecule is COC(=O)CC(NC(=O)[C@@H]1CNC[C@H]1C)c1cccs1. The van der Waals surface area contributed by atoms with Crippen molar-refractivity contribution in [1.29, 1.82) is 0 Å². The molecule has 110 valence electrons. The Balaban J connectivity index is 2.03. The topological polar surface area (TPSA) is 67.4 Å². The third-order valence-electron chi connectivity index (χ3n) is 3.66. The standard InChI is InChI=1S/C14H20N2O3S/c1-9-7-15-8-10(9)14(18)16-11(6-13(17)19-2)12-4-3-5-20-12/h3-5,9-11,15H,6-8H2,1-2H3,(H,16,18)/t9-,10-,11?/m1/s1. The monoisotopic (exact) mass is 296 g/mol. The fourth-order valence-corrected chi connectivity index (χ4v) is 3.18. The van der Waals surface area contributed by atoms with Crippen molar-refractivity contribution in [3.8, 4) is 0 Å². The summed E-state index contributed by atoms with van der Waals surface area (Å²) in [7, 11) is 1.36. The highest BCUT2D eigenvalue weighted by Crippen LogP contribution is 2.24. The molecule has 0 radical (unpaired) electrons. The van der Waals surface area contributed by atoms with Gasteiger partial charge in [-0.2, -0.15) is 0 Å². The van der Waals surface area contributed by atoms with Crippen LogP contribution in [0.15, 0.2) is 17.5 Å². The lowest BCUT2D eigenvalue weighted by atomic mass is 9.96. The highest BCUT2D eigenvalue weighted by atomic mass is 32.1. The molecule has 1 aromatic heterocycles. The molecule has 2 rings (SSSR count). The number of amides is 1. The molecule has 2 heterocycles. The fraction of sp³-hybridized carbons (Fsp3) is 0.571. The van der Waals surface area contributed by atoms with Gasteiger partial charge in [-0.15, -0.1) is 11.3 Å². The Kier molecular flexibility index (Phi) is 5.14. The van der Waals surface area contributed by atoms with Crippen LogP contribution in [0.3, 0.4) is 0 Å². The molecular formula is C14H20N2O3S. The maximum absolute atomic E-state index is 12.3. The number of carbonyl (C=O) groups is 2. The summed E-state index contributed by atoms with van der Waals surface area (Å²) in [5, 5.41) is 8.14. The van der Waals surface area contributed by atoms with E-state index in [1.54, 1.807) is 0 Å². The molecule has 3 atom stereocenters. The number of carbonyl (C=O) groups excluding carboxylic acids is 2. The summed E-state index contributed by atoms with van der Waals surface area (Å²) in [6.07, 6.45) is 0.164. The molecule has 0 bridgehead atoms. The molecule has 1 aromatic rings. The molecule has 1 aliphatic rings. The molecule has 1 saturated heterocycles. The summed E-state index contributed by atoms with van der Waals surface area (Å²) in [4.78, 5) is 24.8. The highest BCUT2D eigenvalue weighted by Gasteiger charge is 2.31. The second-order valence-electron chi connectivity index (χ2n) is 5.10. The Morgan fingerprint density at radius 2 is 2.35 bits per heavy atom. The summed E-state index contributed by atoms with van der Waals surface area (Å²) in [5.74, 6) is -0.0293. The van der Waals surface area contributed by atoms with Gasteiger partial charge >= 0.3 is 5.97 Å². The van der Waals surface area contributed by atoms with Gasteiger partial charge < -0.3 is 15.4 Å². The van der Waals surface area contributed by atoms with Gasteiger partial charge in [-0.05, 0) is 23.9 Å². The number of esters is 1. The molecule has 1 unspecified atom stereocenters. The molecule has 20 heavy (non-hydrogen) atoms. The van der Waals surface area contributed by atoms with E-state index in [0.29, 0.717) is 12.5 Å². The van der Waals surface area contributed by atoms with E-state index in [2.05, 4.69) is 17.6 Å². The largest absolute Gasteiger partial charge is 0.469 e. The molecule has 1 aliphatic heterocycles. The lowest BCUT2D eigenvalue weighted by Gasteiger charge is -2.20. The van der Waals surface area contributed by atoms with Crippen LogP contribution < -0.4 is 10.6 Å². The van der Waals surface area contributed by atoms with E-state index in [1.807, 2.05) is 17.5 Å². The van der Waals surface area contributed by atoms with E-state index in [9.17, 15) is 9.59 Å². The average molecular weight is 296 g/mol. The Hall–Kier alpha value is -1.40. The number of nitrogens with one attached hydrogen (secondary N) is 2. The number of thiophene rings is 1. The Labute approximate surface area is 122 Å². The maximum Gasteiger partial charge on any atom is 0.307 e. The third kappa shape index (κ3) is 3.58. The molecule has 0 spiro atoms. The van der Waals surface area contributed by atoms with Crippen molar-refractivity contribution in [1.82, 2.24) is 10.6 Å². The predicted molar refractivity (Wildman–Crippen MR) is 77.4 cm³/mol. The first-order valence-corrected chi connectivity index (χ1v) is 7.61. The minimum atomic E-state index is -0.318. The van der Waals surface area contributed by atoms with Gasteiger partial charge in [-0.25, -0.2) is 0 Å². The van der Waals surface area contributed by atoms with Crippen molar-refractivity contribution in [2.75, 3.05) is 20.2 Å². The van der Waals surface area contributed by atoms with Crippen LogP contribution in [0.4, 0.5) is 0 Å². The summed E-state index contributed by atoms with van der Waals surface area (Å²) in [6.45, 7) is 3.62. The molecule has 1 amide bonds. The lowest BCUT2D eigenvalue weighted by molar-refractivity contribution is -0.141. The summed E-state index contributed by atoms with van der Waals surface area (Å²) < 4.78 is 4.71. The number of ether oxygens (including phenoxy) is 1. The molecule has 2 N–H and O–H groups in total. The second-order valence-corrected chi connectivity index (χ2v) is 6.08. The van der Waals surface area contributed by atoms with Gasteiger partial charge in [0.25, 0.3) is 0 Å². The van der Waals surface area contributed by atoms with Crippen molar-refractivity contribution in [2.24, 2.45) is 11.8 Å². The molecule has 0 aliphatic carbocycles. The first-order valence-electron chi connectivity index (χ1n) is 6.73. The van der Waals surface area contributed by atoms with Crippen LogP contribution >= 0.6 is 11.3 Å². The van der Waals surface area contributed by atoms with Crippen LogP contribution in [-0.4, -0.2) is 32.1 Å². The van der Waals surface area contributed by atoms with Gasteiger partial charge in [0.15, 0.2) is 0 Å².